The minimum absolute atomic E-state index is 0. The average Bonchev–Trinajstić information content (AvgIpc) is 2.08. The molecule has 0 aliphatic heterocycles. The van der Waals surface area contributed by atoms with Crippen LogP contribution in [0.1, 0.15) is 27.2 Å². The van der Waals surface area contributed by atoms with E-state index in [1.807, 2.05) is 0 Å². The lowest BCUT2D eigenvalue weighted by Crippen LogP contribution is -3.00. The monoisotopic (exact) mass is 230 g/mol. The van der Waals surface area contributed by atoms with Crippen LogP contribution in [0.2, 0.25) is 0 Å². The zero-order chi connectivity index (χ0) is 8.74. The Labute approximate surface area is 95.3 Å². The van der Waals surface area contributed by atoms with E-state index in [0.29, 0.717) is 0 Å². The standard InChI is InChI=1S/C9H23N2.2ClH/c1-4-11(5-2,6-3)9-7-8-10;;/h4-10H2,1-3H3;2*1H/q+1;;/p-1. The molecule has 0 radical (unpaired) electrons. The molecule has 0 aromatic rings. The van der Waals surface area contributed by atoms with E-state index in [-0.39, 0.29) is 24.8 Å². The topological polar surface area (TPSA) is 26.0 Å². The third-order valence-corrected chi connectivity index (χ3v) is 2.85. The third kappa shape index (κ3) is 6.55. The molecule has 0 atom stereocenters. The van der Waals surface area contributed by atoms with Gasteiger partial charge in [0.05, 0.1) is 26.2 Å². The van der Waals surface area contributed by atoms with Crippen LogP contribution >= 0.6 is 12.4 Å². The third-order valence-electron chi connectivity index (χ3n) is 2.85. The predicted octanol–water partition coefficient (Wildman–Crippen LogP) is -1.36. The quantitative estimate of drug-likeness (QED) is 0.561. The van der Waals surface area contributed by atoms with Gasteiger partial charge in [-0.3, -0.25) is 0 Å². The summed E-state index contributed by atoms with van der Waals surface area (Å²) in [6.45, 7) is 12.6. The van der Waals surface area contributed by atoms with Crippen LogP contribution in [0.4, 0.5) is 0 Å². The van der Waals surface area contributed by atoms with Gasteiger partial charge in [-0.2, -0.15) is 0 Å². The Hall–Kier alpha value is 0.500. The van der Waals surface area contributed by atoms with E-state index in [4.69, 9.17) is 5.73 Å². The second-order valence-corrected chi connectivity index (χ2v) is 3.16. The van der Waals surface area contributed by atoms with Crippen molar-refractivity contribution >= 4 is 12.4 Å². The summed E-state index contributed by atoms with van der Waals surface area (Å²) < 4.78 is 1.23. The van der Waals surface area contributed by atoms with E-state index >= 15 is 0 Å². The Morgan fingerprint density at radius 1 is 1.00 bits per heavy atom. The van der Waals surface area contributed by atoms with Crippen molar-refractivity contribution in [2.24, 2.45) is 5.73 Å². The van der Waals surface area contributed by atoms with Crippen molar-refractivity contribution in [2.75, 3.05) is 32.7 Å². The minimum atomic E-state index is 0. The molecule has 0 heterocycles. The van der Waals surface area contributed by atoms with Gasteiger partial charge in [-0.25, -0.2) is 0 Å². The van der Waals surface area contributed by atoms with Crippen LogP contribution in [-0.2, 0) is 0 Å². The number of quaternary nitrogens is 1. The molecule has 13 heavy (non-hydrogen) atoms. The Bertz CT molecular complexity index is 87.4. The van der Waals surface area contributed by atoms with E-state index in [2.05, 4.69) is 20.8 Å². The summed E-state index contributed by atoms with van der Waals surface area (Å²) in [5, 5.41) is 0. The first-order valence-electron chi connectivity index (χ1n) is 4.79. The highest BCUT2D eigenvalue weighted by Gasteiger charge is 2.18. The second-order valence-electron chi connectivity index (χ2n) is 3.16. The van der Waals surface area contributed by atoms with Crippen LogP contribution in [0.3, 0.4) is 0 Å². The van der Waals surface area contributed by atoms with Gasteiger partial charge in [-0.15, -0.1) is 12.4 Å². The SMILES string of the molecule is CC[N+](CC)(CC)CCCN.Cl.[Cl-]. The Morgan fingerprint density at radius 2 is 1.38 bits per heavy atom. The lowest BCUT2D eigenvalue weighted by atomic mass is 10.3. The van der Waals surface area contributed by atoms with Gasteiger partial charge in [0.15, 0.2) is 0 Å². The van der Waals surface area contributed by atoms with E-state index in [1.54, 1.807) is 0 Å². The van der Waals surface area contributed by atoms with Gasteiger partial charge in [-0.05, 0) is 27.3 Å². The molecule has 0 spiro atoms. The molecule has 2 N–H and O–H groups in total. The lowest BCUT2D eigenvalue weighted by Gasteiger charge is -2.35. The number of halogens is 2. The largest absolute Gasteiger partial charge is 1.00 e. The smallest absolute Gasteiger partial charge is 0.0798 e. The summed E-state index contributed by atoms with van der Waals surface area (Å²) >= 11 is 0. The maximum atomic E-state index is 5.49. The van der Waals surface area contributed by atoms with Crippen LogP contribution in [-0.4, -0.2) is 37.2 Å². The molecule has 0 saturated carbocycles. The first-order chi connectivity index (χ1) is 5.24. The molecule has 0 aromatic carbocycles. The van der Waals surface area contributed by atoms with Crippen LogP contribution in [0, 0.1) is 0 Å². The van der Waals surface area contributed by atoms with Crippen LogP contribution in [0.5, 0.6) is 0 Å². The number of rotatable bonds is 6. The number of hydrogen-bond acceptors (Lipinski definition) is 1. The highest BCUT2D eigenvalue weighted by Crippen LogP contribution is 2.05. The maximum Gasteiger partial charge on any atom is 0.0798 e. The first kappa shape index (κ1) is 19.1. The summed E-state index contributed by atoms with van der Waals surface area (Å²) in [7, 11) is 0. The lowest BCUT2D eigenvalue weighted by molar-refractivity contribution is -0.923. The molecule has 2 nitrogen and oxygen atoms in total. The zero-order valence-corrected chi connectivity index (χ0v) is 10.6. The molecular formula is C9H24Cl2N2. The fourth-order valence-corrected chi connectivity index (χ4v) is 1.57. The van der Waals surface area contributed by atoms with E-state index < -0.39 is 0 Å². The van der Waals surface area contributed by atoms with Gasteiger partial charge in [0.25, 0.3) is 0 Å². The molecule has 0 amide bonds. The van der Waals surface area contributed by atoms with Crippen molar-refractivity contribution in [1.82, 2.24) is 0 Å². The van der Waals surface area contributed by atoms with Crippen molar-refractivity contribution < 1.29 is 16.9 Å². The minimum Gasteiger partial charge on any atom is -1.00 e. The molecule has 0 aromatic heterocycles. The van der Waals surface area contributed by atoms with Gasteiger partial charge >= 0.3 is 0 Å². The van der Waals surface area contributed by atoms with E-state index in [9.17, 15) is 0 Å². The van der Waals surface area contributed by atoms with Crippen molar-refractivity contribution in [3.8, 4) is 0 Å². The molecule has 0 bridgehead atoms. The summed E-state index contributed by atoms with van der Waals surface area (Å²) in [6.07, 6.45) is 1.16. The Morgan fingerprint density at radius 3 is 1.62 bits per heavy atom. The normalized spacial score (nSPS) is 10.2. The molecule has 4 heteroatoms. The molecule has 0 aliphatic carbocycles. The van der Waals surface area contributed by atoms with Crippen LogP contribution < -0.4 is 18.1 Å². The fourth-order valence-electron chi connectivity index (χ4n) is 1.57. The average molecular weight is 231 g/mol. The number of nitrogens with two attached hydrogens (primary N) is 1. The Balaban J connectivity index is -0.000000500. The van der Waals surface area contributed by atoms with Gasteiger partial charge in [0.2, 0.25) is 0 Å². The highest BCUT2D eigenvalue weighted by atomic mass is 35.5. The summed E-state index contributed by atoms with van der Waals surface area (Å²) in [5.74, 6) is 0. The molecule has 0 aliphatic rings. The molecule has 0 unspecified atom stereocenters. The molecule has 0 fully saturated rings. The molecule has 84 valence electrons. The van der Waals surface area contributed by atoms with Gasteiger partial charge in [0.1, 0.15) is 0 Å². The Kier molecular flexibility index (Phi) is 15.6. The molecule has 0 saturated heterocycles. The zero-order valence-electron chi connectivity index (χ0n) is 9.05. The predicted molar refractivity (Wildman–Crippen MR) is 57.7 cm³/mol. The fraction of sp³-hybridized carbons (Fsp3) is 1.00. The van der Waals surface area contributed by atoms with Crippen molar-refractivity contribution in [2.45, 2.75) is 27.2 Å². The first-order valence-corrected chi connectivity index (χ1v) is 4.79. The van der Waals surface area contributed by atoms with Gasteiger partial charge in [-0.1, -0.05) is 0 Å². The summed E-state index contributed by atoms with van der Waals surface area (Å²) in [5.41, 5.74) is 5.49. The van der Waals surface area contributed by atoms with Gasteiger partial charge < -0.3 is 22.6 Å². The maximum absolute atomic E-state index is 5.49. The summed E-state index contributed by atoms with van der Waals surface area (Å²) in [6, 6.07) is 0. The summed E-state index contributed by atoms with van der Waals surface area (Å²) in [4.78, 5) is 0. The van der Waals surface area contributed by atoms with Crippen molar-refractivity contribution in [1.29, 1.82) is 0 Å². The number of hydrogen-bond donors (Lipinski definition) is 1. The molecular weight excluding hydrogens is 207 g/mol. The van der Waals surface area contributed by atoms with Gasteiger partial charge in [0, 0.05) is 6.42 Å². The highest BCUT2D eigenvalue weighted by molar-refractivity contribution is 5.85. The number of nitrogens with zero attached hydrogens (tertiary/aromatic N) is 1. The van der Waals surface area contributed by atoms with Crippen LogP contribution in [0.25, 0.3) is 0 Å². The van der Waals surface area contributed by atoms with Crippen LogP contribution in [0.15, 0.2) is 0 Å². The second kappa shape index (κ2) is 10.6. The molecule has 0 rings (SSSR count). The van der Waals surface area contributed by atoms with Crippen molar-refractivity contribution in [3.05, 3.63) is 0 Å². The van der Waals surface area contributed by atoms with E-state index in [1.165, 1.54) is 30.7 Å². The van der Waals surface area contributed by atoms with Crippen molar-refractivity contribution in [3.63, 3.8) is 0 Å². The van der Waals surface area contributed by atoms with E-state index in [0.717, 1.165) is 13.0 Å².